The Morgan fingerprint density at radius 3 is 2.46 bits per heavy atom. The monoisotopic (exact) mass is 368 g/mol. The number of halogens is 1. The molecule has 136 valence electrons. The first kappa shape index (κ1) is 17.4. The molecule has 1 aliphatic heterocycles. The number of benzene rings is 2. The van der Waals surface area contributed by atoms with Crippen molar-refractivity contribution in [3.05, 3.63) is 64.2 Å². The van der Waals surface area contributed by atoms with Crippen LogP contribution in [0.15, 0.2) is 42.5 Å². The highest BCUT2D eigenvalue weighted by Crippen LogP contribution is 2.26. The topological polar surface area (TPSA) is 23.6 Å². The van der Waals surface area contributed by atoms with Crippen LogP contribution in [0.3, 0.4) is 0 Å². The number of fused-ring (bicyclic) bond motifs is 1. The molecule has 0 unspecified atom stereocenters. The fourth-order valence-electron chi connectivity index (χ4n) is 4.24. The Balaban J connectivity index is 1.39. The highest BCUT2D eigenvalue weighted by Gasteiger charge is 2.26. The van der Waals surface area contributed by atoms with Crippen LogP contribution in [-0.2, 0) is 12.8 Å². The van der Waals surface area contributed by atoms with E-state index in [-0.39, 0.29) is 5.91 Å². The van der Waals surface area contributed by atoms with E-state index in [1.54, 1.807) is 0 Å². The smallest absolute Gasteiger partial charge is 0.253 e. The number of amides is 1. The van der Waals surface area contributed by atoms with E-state index in [4.69, 9.17) is 11.6 Å². The van der Waals surface area contributed by atoms with Crippen LogP contribution in [0, 0.1) is 0 Å². The van der Waals surface area contributed by atoms with Crippen molar-refractivity contribution in [2.24, 2.45) is 0 Å². The number of rotatable bonds is 3. The van der Waals surface area contributed by atoms with E-state index in [2.05, 4.69) is 29.2 Å². The molecule has 26 heavy (non-hydrogen) atoms. The van der Waals surface area contributed by atoms with Gasteiger partial charge in [0.1, 0.15) is 0 Å². The Hall–Kier alpha value is -2.00. The van der Waals surface area contributed by atoms with Gasteiger partial charge in [-0.3, -0.25) is 4.79 Å². The first-order valence-electron chi connectivity index (χ1n) is 9.51. The number of carbonyl (C=O) groups is 1. The lowest BCUT2D eigenvalue weighted by Crippen LogP contribution is -2.45. The van der Waals surface area contributed by atoms with Gasteiger partial charge in [0.2, 0.25) is 0 Å². The summed E-state index contributed by atoms with van der Waals surface area (Å²) in [5.41, 5.74) is 4.83. The summed E-state index contributed by atoms with van der Waals surface area (Å²) in [5, 5.41) is 0.767. The van der Waals surface area contributed by atoms with Crippen molar-refractivity contribution in [2.75, 3.05) is 25.0 Å². The van der Waals surface area contributed by atoms with Crippen LogP contribution in [0.5, 0.6) is 0 Å². The summed E-state index contributed by atoms with van der Waals surface area (Å²) >= 11 is 5.98. The molecular formula is C22H25ClN2O. The van der Waals surface area contributed by atoms with Gasteiger partial charge in [0.25, 0.3) is 5.91 Å². The maximum Gasteiger partial charge on any atom is 0.253 e. The predicted molar refractivity (Wildman–Crippen MR) is 107 cm³/mol. The van der Waals surface area contributed by atoms with Gasteiger partial charge in [-0.1, -0.05) is 17.7 Å². The van der Waals surface area contributed by atoms with E-state index in [1.807, 2.05) is 30.1 Å². The summed E-state index contributed by atoms with van der Waals surface area (Å²) in [7, 11) is 1.96. The van der Waals surface area contributed by atoms with Crippen LogP contribution < -0.4 is 4.90 Å². The van der Waals surface area contributed by atoms with Gasteiger partial charge >= 0.3 is 0 Å². The number of carbonyl (C=O) groups excluding carboxylic acids is 1. The lowest BCUT2D eigenvalue weighted by atomic mass is 10.0. The summed E-state index contributed by atoms with van der Waals surface area (Å²) in [6.45, 7) is 1.93. The second-order valence-corrected chi connectivity index (χ2v) is 7.88. The van der Waals surface area contributed by atoms with Crippen molar-refractivity contribution < 1.29 is 4.79 Å². The predicted octanol–water partition coefficient (Wildman–Crippen LogP) is 4.57. The average molecular weight is 369 g/mol. The zero-order valence-electron chi connectivity index (χ0n) is 15.2. The van der Waals surface area contributed by atoms with Crippen LogP contribution in [0.2, 0.25) is 5.02 Å². The summed E-state index contributed by atoms with van der Waals surface area (Å²) < 4.78 is 0. The molecule has 2 aromatic rings. The molecule has 0 spiro atoms. The van der Waals surface area contributed by atoms with E-state index < -0.39 is 0 Å². The first-order chi connectivity index (χ1) is 12.6. The lowest BCUT2D eigenvalue weighted by molar-refractivity contribution is 0.0709. The molecule has 0 bridgehead atoms. The molecule has 1 amide bonds. The summed E-state index contributed by atoms with van der Waals surface area (Å²) in [5.74, 6) is 0.157. The molecular weight excluding hydrogens is 344 g/mol. The number of nitrogens with zero attached hydrogens (tertiary/aromatic N) is 2. The largest absolute Gasteiger partial charge is 0.371 e. The molecule has 1 fully saturated rings. The Kier molecular flexibility index (Phi) is 4.90. The molecule has 0 atom stereocenters. The maximum atomic E-state index is 12.9. The minimum absolute atomic E-state index is 0.157. The lowest BCUT2D eigenvalue weighted by Gasteiger charge is -2.38. The number of piperidine rings is 1. The van der Waals surface area contributed by atoms with Crippen LogP contribution in [-0.4, -0.2) is 37.0 Å². The second kappa shape index (κ2) is 7.32. The van der Waals surface area contributed by atoms with Crippen molar-refractivity contribution in [2.45, 2.75) is 38.1 Å². The normalized spacial score (nSPS) is 17.2. The first-order valence-corrected chi connectivity index (χ1v) is 9.89. The molecule has 1 saturated heterocycles. The molecule has 2 aromatic carbocycles. The SMILES string of the molecule is CN(C(=O)c1ccc2c(c1)CCC2)C1CCN(c2ccc(Cl)cc2)CC1. The Bertz CT molecular complexity index is 794. The molecule has 1 aliphatic carbocycles. The molecule has 0 saturated carbocycles. The van der Waals surface area contributed by atoms with Gasteiger partial charge in [0.05, 0.1) is 0 Å². The van der Waals surface area contributed by atoms with E-state index >= 15 is 0 Å². The fraction of sp³-hybridized carbons (Fsp3) is 0.409. The Labute approximate surface area is 160 Å². The third kappa shape index (κ3) is 3.45. The Morgan fingerprint density at radius 2 is 1.73 bits per heavy atom. The number of anilines is 1. The molecule has 0 aromatic heterocycles. The average Bonchev–Trinajstić information content (AvgIpc) is 3.15. The van der Waals surface area contributed by atoms with Gasteiger partial charge in [0.15, 0.2) is 0 Å². The summed E-state index contributed by atoms with van der Waals surface area (Å²) in [4.78, 5) is 17.3. The second-order valence-electron chi connectivity index (χ2n) is 7.45. The minimum atomic E-state index is 0.157. The molecule has 0 N–H and O–H groups in total. The highest BCUT2D eigenvalue weighted by atomic mass is 35.5. The molecule has 3 nitrogen and oxygen atoms in total. The van der Waals surface area contributed by atoms with Gasteiger partial charge in [-0.05, 0) is 79.6 Å². The third-order valence-corrected chi connectivity index (χ3v) is 6.12. The van der Waals surface area contributed by atoms with E-state index in [9.17, 15) is 4.79 Å². The van der Waals surface area contributed by atoms with Gasteiger partial charge in [-0.15, -0.1) is 0 Å². The number of aryl methyl sites for hydroxylation is 2. The molecule has 4 heteroatoms. The van der Waals surface area contributed by atoms with Gasteiger partial charge in [0, 0.05) is 42.5 Å². The Morgan fingerprint density at radius 1 is 1.04 bits per heavy atom. The highest BCUT2D eigenvalue weighted by molar-refractivity contribution is 6.30. The zero-order chi connectivity index (χ0) is 18.1. The third-order valence-electron chi connectivity index (χ3n) is 5.87. The number of hydrogen-bond acceptors (Lipinski definition) is 2. The van der Waals surface area contributed by atoms with E-state index in [1.165, 1.54) is 23.2 Å². The minimum Gasteiger partial charge on any atom is -0.371 e. The summed E-state index contributed by atoms with van der Waals surface area (Å²) in [6, 6.07) is 14.6. The van der Waals surface area contributed by atoms with Gasteiger partial charge in [-0.25, -0.2) is 0 Å². The molecule has 0 radical (unpaired) electrons. The van der Waals surface area contributed by atoms with Crippen molar-refractivity contribution >= 4 is 23.2 Å². The van der Waals surface area contributed by atoms with E-state index in [0.717, 1.165) is 49.4 Å². The molecule has 1 heterocycles. The van der Waals surface area contributed by atoms with Crippen LogP contribution >= 0.6 is 11.6 Å². The van der Waals surface area contributed by atoms with E-state index in [0.29, 0.717) is 6.04 Å². The van der Waals surface area contributed by atoms with Crippen LogP contribution in [0.25, 0.3) is 0 Å². The number of hydrogen-bond donors (Lipinski definition) is 0. The van der Waals surface area contributed by atoms with Gasteiger partial charge in [-0.2, -0.15) is 0 Å². The quantitative estimate of drug-likeness (QED) is 0.792. The standard InChI is InChI=1S/C22H25ClN2O/c1-24(22(26)18-6-5-16-3-2-4-17(16)15-18)20-11-13-25(14-12-20)21-9-7-19(23)8-10-21/h5-10,15,20H,2-4,11-14H2,1H3. The molecule has 2 aliphatic rings. The summed E-state index contributed by atoms with van der Waals surface area (Å²) in [6.07, 6.45) is 5.47. The van der Waals surface area contributed by atoms with Crippen LogP contribution in [0.1, 0.15) is 40.7 Å². The van der Waals surface area contributed by atoms with Crippen molar-refractivity contribution in [1.29, 1.82) is 0 Å². The molecule has 4 rings (SSSR count). The van der Waals surface area contributed by atoms with Crippen molar-refractivity contribution in [3.63, 3.8) is 0 Å². The zero-order valence-corrected chi connectivity index (χ0v) is 16.0. The van der Waals surface area contributed by atoms with Gasteiger partial charge < -0.3 is 9.80 Å². The fourth-order valence-corrected chi connectivity index (χ4v) is 4.36. The van der Waals surface area contributed by atoms with Crippen molar-refractivity contribution in [3.8, 4) is 0 Å². The van der Waals surface area contributed by atoms with Crippen molar-refractivity contribution in [1.82, 2.24) is 4.90 Å². The maximum absolute atomic E-state index is 12.9. The van der Waals surface area contributed by atoms with Crippen LogP contribution in [0.4, 0.5) is 5.69 Å².